The van der Waals surface area contributed by atoms with Crippen LogP contribution >= 0.6 is 34.9 Å². The van der Waals surface area contributed by atoms with Crippen LogP contribution in [0.4, 0.5) is 5.13 Å². The maximum absolute atomic E-state index is 14.2. The highest BCUT2D eigenvalue weighted by molar-refractivity contribution is 8.02. The van der Waals surface area contributed by atoms with Crippen LogP contribution in [0.1, 0.15) is 28.5 Å². The zero-order valence-electron chi connectivity index (χ0n) is 26.5. The number of thioether (sulfide) groups is 2. The van der Waals surface area contributed by atoms with Crippen molar-refractivity contribution in [3.63, 3.8) is 0 Å². The first kappa shape index (κ1) is 34.6. The molecule has 15 heteroatoms. The molecule has 2 atom stereocenters. The molecule has 0 bridgehead atoms. The van der Waals surface area contributed by atoms with Crippen molar-refractivity contribution in [2.45, 2.75) is 17.5 Å². The Balaban J connectivity index is 1.26. The second kappa shape index (κ2) is 16.4. The van der Waals surface area contributed by atoms with Crippen LogP contribution in [0.3, 0.4) is 0 Å². The fourth-order valence-corrected chi connectivity index (χ4v) is 8.20. The molecular weight excluding hydrogens is 697 g/mol. The molecular formula is C35H30N6O6S3. The fourth-order valence-electron chi connectivity index (χ4n) is 5.28. The van der Waals surface area contributed by atoms with Gasteiger partial charge in [-0.25, -0.2) is 9.78 Å². The van der Waals surface area contributed by atoms with Crippen molar-refractivity contribution in [2.75, 3.05) is 23.9 Å². The quantitative estimate of drug-likeness (QED) is 0.0607. The number of nitrogens with zero attached hydrogens (tertiary/aromatic N) is 4. The highest BCUT2D eigenvalue weighted by Gasteiger charge is 2.55. The van der Waals surface area contributed by atoms with E-state index in [0.717, 1.165) is 33.6 Å². The third-order valence-corrected chi connectivity index (χ3v) is 10.5. The molecule has 4 aromatic rings. The van der Waals surface area contributed by atoms with Crippen LogP contribution in [0, 0.1) is 0 Å². The molecule has 0 saturated carbocycles. The summed E-state index contributed by atoms with van der Waals surface area (Å²) < 4.78 is 6.24. The molecule has 2 N–H and O–H groups in total. The van der Waals surface area contributed by atoms with E-state index in [4.69, 9.17) is 9.57 Å². The predicted octanol–water partition coefficient (Wildman–Crippen LogP) is 4.85. The van der Waals surface area contributed by atoms with Crippen molar-refractivity contribution in [3.05, 3.63) is 130 Å². The molecule has 1 saturated heterocycles. The number of carbonyl (C=O) groups excluding carboxylic acids is 4. The van der Waals surface area contributed by atoms with Crippen molar-refractivity contribution in [3.8, 4) is 0 Å². The number of carbonyl (C=O) groups is 4. The number of amides is 3. The average Bonchev–Trinajstić information content (AvgIpc) is 3.62. The number of hydrogen-bond donors (Lipinski definition) is 2. The van der Waals surface area contributed by atoms with E-state index in [1.807, 2.05) is 84.3 Å². The minimum atomic E-state index is -0.956. The normalized spacial score (nSPS) is 17.3. The lowest BCUT2D eigenvalue weighted by Crippen LogP contribution is -2.71. The van der Waals surface area contributed by atoms with Gasteiger partial charge < -0.3 is 20.2 Å². The molecule has 0 aliphatic carbocycles. The third kappa shape index (κ3) is 7.80. The van der Waals surface area contributed by atoms with Crippen LogP contribution in [0.5, 0.6) is 0 Å². The van der Waals surface area contributed by atoms with E-state index in [9.17, 15) is 19.2 Å². The average molecular weight is 727 g/mol. The highest BCUT2D eigenvalue weighted by atomic mass is 32.2. The van der Waals surface area contributed by atoms with Crippen LogP contribution in [0.15, 0.2) is 112 Å². The van der Waals surface area contributed by atoms with Gasteiger partial charge in [-0.3, -0.25) is 24.3 Å². The van der Waals surface area contributed by atoms with Gasteiger partial charge in [-0.1, -0.05) is 71.9 Å². The van der Waals surface area contributed by atoms with E-state index in [1.54, 1.807) is 12.4 Å². The van der Waals surface area contributed by atoms with Crippen LogP contribution in [-0.4, -0.2) is 74.8 Å². The van der Waals surface area contributed by atoms with Crippen LogP contribution < -0.4 is 10.6 Å². The molecule has 1 unspecified atom stereocenters. The number of fused-ring (bicyclic) bond motifs is 1. The summed E-state index contributed by atoms with van der Waals surface area (Å²) in [5.74, 6) is -0.958. The molecule has 1 fully saturated rings. The number of thiazole rings is 1. The lowest BCUT2D eigenvalue weighted by Gasteiger charge is -2.49. The number of β-lactam (4-membered cyclic amide) rings is 1. The van der Waals surface area contributed by atoms with Gasteiger partial charge in [-0.05, 0) is 39.8 Å². The largest absolute Gasteiger partial charge is 0.448 e. The first-order chi connectivity index (χ1) is 24.5. The molecule has 0 spiro atoms. The van der Waals surface area contributed by atoms with Gasteiger partial charge in [0.25, 0.3) is 11.8 Å². The van der Waals surface area contributed by atoms with Gasteiger partial charge >= 0.3 is 5.97 Å². The van der Waals surface area contributed by atoms with Gasteiger partial charge in [0, 0.05) is 29.3 Å². The summed E-state index contributed by atoms with van der Waals surface area (Å²) in [6.45, 7) is 0. The van der Waals surface area contributed by atoms with Crippen molar-refractivity contribution in [1.82, 2.24) is 20.2 Å². The number of esters is 1. The molecule has 2 aliphatic rings. The predicted molar refractivity (Wildman–Crippen MR) is 194 cm³/mol. The number of aromatic nitrogens is 2. The Morgan fingerprint density at radius 1 is 1.10 bits per heavy atom. The standard InChI is InChI=1S/C35H30N6O6S3/c1-46-40-27(26-20-50-35(38-26)37-21-42)31(43)39-28-32(44)41-29(25(19-49-33(28)41)18-48-16-14-22-9-8-15-36-17-22)34(45)47-30(23-10-4-2-5-11-23)24-12-6-3-7-13-24/h2-17,20-21,28,30,33H,18-19H2,1H3,(H,39,43)(H,37,38,42)/b16-14-,40-27-/t28?,33-/m1/s1. The van der Waals surface area contributed by atoms with Crippen LogP contribution in [0.2, 0.25) is 0 Å². The van der Waals surface area contributed by atoms with E-state index in [1.165, 1.54) is 40.9 Å². The van der Waals surface area contributed by atoms with Gasteiger partial charge in [0.05, 0.1) is 0 Å². The first-order valence-corrected chi connectivity index (χ1v) is 18.2. The monoisotopic (exact) mass is 726 g/mol. The maximum atomic E-state index is 14.2. The van der Waals surface area contributed by atoms with E-state index < -0.39 is 35.3 Å². The Bertz CT molecular complexity index is 1900. The minimum absolute atomic E-state index is 0.161. The number of benzene rings is 2. The van der Waals surface area contributed by atoms with E-state index in [-0.39, 0.29) is 22.2 Å². The summed E-state index contributed by atoms with van der Waals surface area (Å²) >= 11 is 4.02. The fraction of sp³-hybridized carbons (Fsp3) is 0.171. The highest BCUT2D eigenvalue weighted by Crippen LogP contribution is 2.42. The SMILES string of the molecule is CO/N=C(\C(=O)NC1C(=O)N2C(C(=O)OC(c3ccccc3)c3ccccc3)=C(CS/C=C\c3cccnc3)CS[C@H]12)c1csc(NC=O)n1. The number of hydrogen-bond acceptors (Lipinski definition) is 12. The molecule has 12 nitrogen and oxygen atoms in total. The van der Waals surface area contributed by atoms with Gasteiger partial charge in [0.1, 0.15) is 29.9 Å². The second-order valence-electron chi connectivity index (χ2n) is 10.7. The van der Waals surface area contributed by atoms with Crippen molar-refractivity contribution in [2.24, 2.45) is 5.16 Å². The van der Waals surface area contributed by atoms with Crippen molar-refractivity contribution < 1.29 is 28.8 Å². The second-order valence-corrected chi connectivity index (χ2v) is 13.6. The van der Waals surface area contributed by atoms with E-state index in [2.05, 4.69) is 25.8 Å². The number of nitrogens with one attached hydrogen (secondary N) is 2. The Morgan fingerprint density at radius 3 is 2.50 bits per heavy atom. The summed E-state index contributed by atoms with van der Waals surface area (Å²) in [6.07, 6.45) is 5.13. The summed E-state index contributed by atoms with van der Waals surface area (Å²) in [5.41, 5.74) is 3.38. The number of oxime groups is 1. The maximum Gasteiger partial charge on any atom is 0.356 e. The number of pyridine rings is 1. The Kier molecular flexibility index (Phi) is 11.4. The van der Waals surface area contributed by atoms with Crippen molar-refractivity contribution >= 4 is 76.0 Å². The lowest BCUT2D eigenvalue weighted by molar-refractivity contribution is -0.154. The molecule has 4 heterocycles. The summed E-state index contributed by atoms with van der Waals surface area (Å²) in [7, 11) is 1.28. The number of rotatable bonds is 14. The zero-order chi connectivity index (χ0) is 34.9. The third-order valence-electron chi connectivity index (χ3n) is 7.58. The molecule has 254 valence electrons. The van der Waals surface area contributed by atoms with Gasteiger partial charge in [0.15, 0.2) is 16.9 Å². The molecule has 2 aromatic carbocycles. The molecule has 2 aromatic heterocycles. The molecule has 2 aliphatic heterocycles. The molecule has 50 heavy (non-hydrogen) atoms. The minimum Gasteiger partial charge on any atom is -0.448 e. The summed E-state index contributed by atoms with van der Waals surface area (Å²) in [4.78, 5) is 66.9. The Labute approximate surface area is 300 Å². The van der Waals surface area contributed by atoms with Crippen LogP contribution in [-0.2, 0) is 28.8 Å². The van der Waals surface area contributed by atoms with Crippen LogP contribution in [0.25, 0.3) is 6.08 Å². The summed E-state index contributed by atoms with van der Waals surface area (Å²) in [5, 5.41) is 12.1. The molecule has 3 amide bonds. The number of anilines is 1. The first-order valence-electron chi connectivity index (χ1n) is 15.2. The lowest BCUT2D eigenvalue weighted by atomic mass is 10.0. The smallest absolute Gasteiger partial charge is 0.356 e. The number of ether oxygens (including phenoxy) is 1. The summed E-state index contributed by atoms with van der Waals surface area (Å²) in [6, 6.07) is 21.7. The topological polar surface area (TPSA) is 152 Å². The van der Waals surface area contributed by atoms with E-state index >= 15 is 0 Å². The van der Waals surface area contributed by atoms with Crippen molar-refractivity contribution in [1.29, 1.82) is 0 Å². The van der Waals surface area contributed by atoms with Gasteiger partial charge in [0.2, 0.25) is 6.41 Å². The van der Waals surface area contributed by atoms with Gasteiger partial charge in [-0.2, -0.15) is 0 Å². The van der Waals surface area contributed by atoms with Gasteiger partial charge in [-0.15, -0.1) is 34.9 Å². The molecule has 6 rings (SSSR count). The Hall–Kier alpha value is -5.25. The Morgan fingerprint density at radius 2 is 1.84 bits per heavy atom. The zero-order valence-corrected chi connectivity index (χ0v) is 29.0. The molecule has 0 radical (unpaired) electrons. The van der Waals surface area contributed by atoms with E-state index in [0.29, 0.717) is 17.9 Å².